The van der Waals surface area contributed by atoms with Crippen molar-refractivity contribution >= 4 is 46.9 Å². The lowest BCUT2D eigenvalue weighted by atomic mass is 10.2. The minimum Gasteiger partial charge on any atom is -0.507 e. The molecule has 0 saturated carbocycles. The molecular formula is C20H18N2O7S. The number of carbonyl (C=O) groups excluding carboxylic acids is 2. The molecule has 0 aliphatic carbocycles. The van der Waals surface area contributed by atoms with Crippen LogP contribution in [0.3, 0.4) is 0 Å². The minimum atomic E-state index is -1.31. The molecule has 2 aromatic rings. The lowest BCUT2D eigenvalue weighted by Gasteiger charge is -2.13. The van der Waals surface area contributed by atoms with Gasteiger partial charge in [0.05, 0.1) is 5.25 Å². The van der Waals surface area contributed by atoms with E-state index in [1.54, 1.807) is 31.2 Å². The molecule has 0 heterocycles. The quantitative estimate of drug-likeness (QED) is 0.243. The minimum absolute atomic E-state index is 0.245. The molecule has 0 bridgehead atoms. The fourth-order valence-corrected chi connectivity index (χ4v) is 3.10. The Morgan fingerprint density at radius 2 is 1.57 bits per heavy atom. The zero-order valence-corrected chi connectivity index (χ0v) is 16.5. The van der Waals surface area contributed by atoms with E-state index < -0.39 is 28.8 Å². The maximum absolute atomic E-state index is 12.4. The second-order valence-electron chi connectivity index (χ2n) is 5.97. The van der Waals surface area contributed by atoms with Crippen molar-refractivity contribution in [2.45, 2.75) is 17.1 Å². The van der Waals surface area contributed by atoms with Crippen molar-refractivity contribution < 1.29 is 34.5 Å². The van der Waals surface area contributed by atoms with Crippen LogP contribution >= 0.6 is 11.8 Å². The van der Waals surface area contributed by atoms with Crippen LogP contribution in [0.4, 0.5) is 11.4 Å². The zero-order valence-electron chi connectivity index (χ0n) is 15.7. The van der Waals surface area contributed by atoms with Crippen LogP contribution in [0, 0.1) is 0 Å². The number of nitrogens with one attached hydrogen (secondary N) is 2. The van der Waals surface area contributed by atoms with Gasteiger partial charge in [-0.05, 0) is 49.4 Å². The van der Waals surface area contributed by atoms with Crippen LogP contribution in [-0.4, -0.2) is 44.3 Å². The van der Waals surface area contributed by atoms with Crippen molar-refractivity contribution in [1.29, 1.82) is 0 Å². The number of hydrogen-bond acceptors (Lipinski definition) is 6. The third kappa shape index (κ3) is 6.67. The Balaban J connectivity index is 1.95. The number of benzene rings is 2. The van der Waals surface area contributed by atoms with Gasteiger partial charge in [-0.25, -0.2) is 9.59 Å². The molecule has 2 amide bonds. The van der Waals surface area contributed by atoms with E-state index in [9.17, 15) is 24.3 Å². The summed E-state index contributed by atoms with van der Waals surface area (Å²) in [7, 11) is 0. The van der Waals surface area contributed by atoms with Crippen LogP contribution in [0.25, 0.3) is 0 Å². The van der Waals surface area contributed by atoms with Gasteiger partial charge in [0.2, 0.25) is 11.8 Å². The van der Waals surface area contributed by atoms with Crippen LogP contribution in [-0.2, 0) is 14.4 Å². The SMILES string of the molecule is CC(Sc1ccc(NC(=O)/C=C/C(=O)O)cc1)C(=O)Nc1ccc(O)c(C(=O)O)c1. The number of carboxylic acids is 2. The molecule has 2 rings (SSSR count). The van der Waals surface area contributed by atoms with E-state index in [-0.39, 0.29) is 17.2 Å². The average molecular weight is 430 g/mol. The third-order valence-electron chi connectivity index (χ3n) is 3.68. The van der Waals surface area contributed by atoms with Crippen molar-refractivity contribution in [1.82, 2.24) is 0 Å². The molecule has 10 heteroatoms. The van der Waals surface area contributed by atoms with E-state index in [1.807, 2.05) is 0 Å². The van der Waals surface area contributed by atoms with E-state index in [4.69, 9.17) is 10.2 Å². The number of thioether (sulfide) groups is 1. The second-order valence-corrected chi connectivity index (χ2v) is 7.39. The highest BCUT2D eigenvalue weighted by molar-refractivity contribution is 8.00. The second kappa shape index (κ2) is 10.1. The number of aromatic carboxylic acids is 1. The Hall–Kier alpha value is -3.79. The summed E-state index contributed by atoms with van der Waals surface area (Å²) in [5, 5.41) is 31.6. The molecule has 0 aromatic heterocycles. The Labute approximate surface area is 175 Å². The zero-order chi connectivity index (χ0) is 22.3. The molecule has 0 fully saturated rings. The summed E-state index contributed by atoms with van der Waals surface area (Å²) in [5.74, 6) is -3.88. The number of rotatable bonds is 8. The monoisotopic (exact) mass is 430 g/mol. The normalized spacial score (nSPS) is 11.6. The molecule has 1 atom stereocenters. The largest absolute Gasteiger partial charge is 0.507 e. The third-order valence-corrected chi connectivity index (χ3v) is 4.79. The van der Waals surface area contributed by atoms with Gasteiger partial charge in [0.1, 0.15) is 11.3 Å². The van der Waals surface area contributed by atoms with Crippen LogP contribution in [0.1, 0.15) is 17.3 Å². The van der Waals surface area contributed by atoms with Crippen LogP contribution < -0.4 is 10.6 Å². The van der Waals surface area contributed by atoms with Crippen LogP contribution in [0.15, 0.2) is 59.5 Å². The molecule has 30 heavy (non-hydrogen) atoms. The van der Waals surface area contributed by atoms with Gasteiger partial charge < -0.3 is 26.0 Å². The summed E-state index contributed by atoms with van der Waals surface area (Å²) in [6.07, 6.45) is 1.63. The molecule has 9 nitrogen and oxygen atoms in total. The van der Waals surface area contributed by atoms with Gasteiger partial charge in [-0.2, -0.15) is 0 Å². The lowest BCUT2D eigenvalue weighted by Crippen LogP contribution is -2.22. The van der Waals surface area contributed by atoms with Crippen molar-refractivity contribution in [2.24, 2.45) is 0 Å². The van der Waals surface area contributed by atoms with Gasteiger partial charge in [0.25, 0.3) is 0 Å². The molecule has 1 unspecified atom stereocenters. The maximum Gasteiger partial charge on any atom is 0.339 e. The summed E-state index contributed by atoms with van der Waals surface area (Å²) in [5.41, 5.74) is 0.390. The number of phenols is 1. The highest BCUT2D eigenvalue weighted by atomic mass is 32.2. The Bertz CT molecular complexity index is 1000. The molecule has 2 aromatic carbocycles. The van der Waals surface area contributed by atoms with Gasteiger partial charge in [0.15, 0.2) is 0 Å². The molecule has 5 N–H and O–H groups in total. The summed E-state index contributed by atoms with van der Waals surface area (Å²) < 4.78 is 0. The Morgan fingerprint density at radius 3 is 2.17 bits per heavy atom. The summed E-state index contributed by atoms with van der Waals surface area (Å²) in [6, 6.07) is 10.4. The first-order valence-electron chi connectivity index (χ1n) is 8.51. The van der Waals surface area contributed by atoms with Crippen molar-refractivity contribution in [2.75, 3.05) is 10.6 Å². The smallest absolute Gasteiger partial charge is 0.339 e. The highest BCUT2D eigenvalue weighted by Gasteiger charge is 2.17. The standard InChI is InChI=1S/C20H18N2O7S/c1-11(19(27)22-13-4-7-16(23)15(10-13)20(28)29)30-14-5-2-12(3-6-14)21-17(24)8-9-18(25)26/h2-11,23H,1H3,(H,21,24)(H,22,27)(H,25,26)(H,28,29)/b9-8+. The molecule has 156 valence electrons. The number of amides is 2. The number of hydrogen-bond donors (Lipinski definition) is 5. The predicted octanol–water partition coefficient (Wildman–Crippen LogP) is 2.79. The first kappa shape index (κ1) is 22.5. The van der Waals surface area contributed by atoms with Crippen molar-refractivity contribution in [3.05, 3.63) is 60.2 Å². The van der Waals surface area contributed by atoms with Gasteiger partial charge in [-0.3, -0.25) is 9.59 Å². The van der Waals surface area contributed by atoms with E-state index in [0.29, 0.717) is 5.69 Å². The fraction of sp³-hybridized carbons (Fsp3) is 0.100. The Morgan fingerprint density at radius 1 is 0.933 bits per heavy atom. The van der Waals surface area contributed by atoms with Gasteiger partial charge in [0, 0.05) is 28.4 Å². The molecular weight excluding hydrogens is 412 g/mol. The fourth-order valence-electron chi connectivity index (χ4n) is 2.23. The molecule has 0 saturated heterocycles. The Kier molecular flexibility index (Phi) is 7.59. The maximum atomic E-state index is 12.4. The van der Waals surface area contributed by atoms with E-state index in [2.05, 4.69) is 10.6 Å². The number of anilines is 2. The number of carbonyl (C=O) groups is 4. The molecule has 0 spiro atoms. The number of aromatic hydroxyl groups is 1. The van der Waals surface area contributed by atoms with E-state index in [0.717, 1.165) is 17.0 Å². The molecule has 0 aliphatic rings. The van der Waals surface area contributed by atoms with Crippen molar-refractivity contribution in [3.8, 4) is 5.75 Å². The molecule has 0 radical (unpaired) electrons. The molecule has 0 aliphatic heterocycles. The first-order valence-corrected chi connectivity index (χ1v) is 9.39. The van der Waals surface area contributed by atoms with Gasteiger partial charge in [-0.1, -0.05) is 0 Å². The number of aliphatic carboxylic acids is 1. The summed E-state index contributed by atoms with van der Waals surface area (Å²) in [6.45, 7) is 1.67. The first-order chi connectivity index (χ1) is 14.2. The summed E-state index contributed by atoms with van der Waals surface area (Å²) in [4.78, 5) is 46.1. The predicted molar refractivity (Wildman–Crippen MR) is 111 cm³/mol. The van der Waals surface area contributed by atoms with Gasteiger partial charge >= 0.3 is 11.9 Å². The van der Waals surface area contributed by atoms with Crippen molar-refractivity contribution in [3.63, 3.8) is 0 Å². The van der Waals surface area contributed by atoms with E-state index in [1.165, 1.54) is 30.0 Å². The average Bonchev–Trinajstić information content (AvgIpc) is 2.69. The number of carboxylic acid groups (broad SMARTS) is 2. The van der Waals surface area contributed by atoms with Crippen LogP contribution in [0.5, 0.6) is 5.75 Å². The van der Waals surface area contributed by atoms with Crippen LogP contribution in [0.2, 0.25) is 0 Å². The van der Waals surface area contributed by atoms with E-state index >= 15 is 0 Å². The highest BCUT2D eigenvalue weighted by Crippen LogP contribution is 2.27. The summed E-state index contributed by atoms with van der Waals surface area (Å²) >= 11 is 1.24. The van der Waals surface area contributed by atoms with Gasteiger partial charge in [-0.15, -0.1) is 11.8 Å². The lowest BCUT2D eigenvalue weighted by molar-refractivity contribution is -0.131. The topological polar surface area (TPSA) is 153 Å².